The van der Waals surface area contributed by atoms with Crippen molar-refractivity contribution in [3.8, 4) is 0 Å². The topological polar surface area (TPSA) is 52.0 Å². The number of halogens is 2. The Hall–Kier alpha value is -0.660. The van der Waals surface area contributed by atoms with E-state index in [1.54, 1.807) is 25.1 Å². The van der Waals surface area contributed by atoms with Gasteiger partial charge in [0.2, 0.25) is 0 Å². The van der Waals surface area contributed by atoms with Crippen LogP contribution in [0.25, 0.3) is 0 Å². The Bertz CT molecular complexity index is 665. The van der Waals surface area contributed by atoms with Crippen LogP contribution in [-0.4, -0.2) is 17.6 Å². The van der Waals surface area contributed by atoms with E-state index in [1.165, 1.54) is 12.3 Å². The first-order valence-corrected chi connectivity index (χ1v) is 7.67. The molecule has 1 aromatic heterocycles. The zero-order chi connectivity index (χ0) is 12.6. The molecule has 0 fully saturated rings. The summed E-state index contributed by atoms with van der Waals surface area (Å²) < 4.78 is 26.7. The van der Waals surface area contributed by atoms with Gasteiger partial charge in [-0.15, -0.1) is 0 Å². The fourth-order valence-corrected chi connectivity index (χ4v) is 3.93. The van der Waals surface area contributed by atoms with Gasteiger partial charge >= 0.3 is 0 Å². The summed E-state index contributed by atoms with van der Waals surface area (Å²) in [7, 11) is -3.64. The number of aryl methyl sites for hydroxylation is 1. The Morgan fingerprint density at radius 2 is 1.94 bits per heavy atom. The van der Waals surface area contributed by atoms with Crippen molar-refractivity contribution in [3.05, 3.63) is 45.1 Å². The molecule has 2 rings (SSSR count). The molecule has 0 aliphatic rings. The molecule has 0 saturated carbocycles. The zero-order valence-corrected chi connectivity index (χ0v) is 12.8. The van der Waals surface area contributed by atoms with Crippen LogP contribution in [0.3, 0.4) is 0 Å². The highest BCUT2D eigenvalue weighted by atomic mass is 79.9. The first kappa shape index (κ1) is 12.8. The largest absolute Gasteiger partial charge is 0.284 e. The number of rotatable bonds is 2. The van der Waals surface area contributed by atoms with Gasteiger partial charge in [-0.1, -0.05) is 15.9 Å². The molecule has 0 aliphatic heterocycles. The number of hydrogen-bond acceptors (Lipinski definition) is 3. The Kier molecular flexibility index (Phi) is 3.42. The lowest BCUT2D eigenvalue weighted by atomic mass is 10.4. The van der Waals surface area contributed by atoms with Crippen LogP contribution in [0.4, 0.5) is 0 Å². The van der Waals surface area contributed by atoms with Crippen LogP contribution in [0.1, 0.15) is 5.69 Å². The summed E-state index contributed by atoms with van der Waals surface area (Å²) in [5, 5.41) is 3.92. The van der Waals surface area contributed by atoms with Crippen LogP contribution >= 0.6 is 31.9 Å². The highest BCUT2D eigenvalue weighted by molar-refractivity contribution is 9.11. The van der Waals surface area contributed by atoms with Gasteiger partial charge in [0.05, 0.1) is 5.69 Å². The molecule has 0 aliphatic carbocycles. The van der Waals surface area contributed by atoms with Crippen LogP contribution in [0.15, 0.2) is 44.3 Å². The molecule has 0 unspecified atom stereocenters. The van der Waals surface area contributed by atoms with Crippen molar-refractivity contribution >= 4 is 41.9 Å². The Labute approximate surface area is 116 Å². The summed E-state index contributed by atoms with van der Waals surface area (Å²) in [6.45, 7) is 1.74. The molecule has 0 atom stereocenters. The number of benzene rings is 1. The van der Waals surface area contributed by atoms with Crippen LogP contribution in [0, 0.1) is 6.92 Å². The Morgan fingerprint density at radius 3 is 2.53 bits per heavy atom. The monoisotopic (exact) mass is 378 g/mol. The van der Waals surface area contributed by atoms with Gasteiger partial charge in [0.25, 0.3) is 10.0 Å². The summed E-state index contributed by atoms with van der Waals surface area (Å²) >= 11 is 6.48. The highest BCUT2D eigenvalue weighted by Gasteiger charge is 2.21. The number of aromatic nitrogens is 2. The predicted molar refractivity (Wildman–Crippen MR) is 71.4 cm³/mol. The molecule has 90 valence electrons. The van der Waals surface area contributed by atoms with Crippen molar-refractivity contribution in [1.82, 2.24) is 9.19 Å². The van der Waals surface area contributed by atoms with E-state index < -0.39 is 10.0 Å². The van der Waals surface area contributed by atoms with Crippen molar-refractivity contribution in [2.24, 2.45) is 0 Å². The van der Waals surface area contributed by atoms with Gasteiger partial charge in [0, 0.05) is 15.1 Å². The molecule has 0 saturated heterocycles. The molecule has 7 heteroatoms. The third-order valence-corrected chi connectivity index (χ3v) is 5.15. The molecular formula is C10H8Br2N2O2S. The van der Waals surface area contributed by atoms with Crippen LogP contribution in [0.2, 0.25) is 0 Å². The summed E-state index contributed by atoms with van der Waals surface area (Å²) in [4.78, 5) is 0.176. The molecule has 0 spiro atoms. The molecule has 17 heavy (non-hydrogen) atoms. The summed E-state index contributed by atoms with van der Waals surface area (Å²) in [6.07, 6.45) is 1.43. The van der Waals surface area contributed by atoms with E-state index in [-0.39, 0.29) is 4.90 Å². The smallest absolute Gasteiger partial charge is 0.199 e. The number of hydrogen-bond donors (Lipinski definition) is 0. The summed E-state index contributed by atoms with van der Waals surface area (Å²) in [6, 6.07) is 6.62. The fourth-order valence-electron chi connectivity index (χ4n) is 1.30. The molecular weight excluding hydrogens is 372 g/mol. The van der Waals surface area contributed by atoms with Gasteiger partial charge in [-0.25, -0.2) is 0 Å². The van der Waals surface area contributed by atoms with Gasteiger partial charge in [-0.2, -0.15) is 17.6 Å². The lowest BCUT2D eigenvalue weighted by Crippen LogP contribution is -2.14. The van der Waals surface area contributed by atoms with E-state index in [4.69, 9.17) is 0 Å². The minimum Gasteiger partial charge on any atom is -0.199 e. The van der Waals surface area contributed by atoms with E-state index in [2.05, 4.69) is 37.0 Å². The average molecular weight is 380 g/mol. The molecule has 0 N–H and O–H groups in total. The second kappa shape index (κ2) is 4.55. The molecule has 0 radical (unpaired) electrons. The number of nitrogens with zero attached hydrogens (tertiary/aromatic N) is 2. The van der Waals surface area contributed by atoms with Crippen molar-refractivity contribution in [2.45, 2.75) is 11.8 Å². The van der Waals surface area contributed by atoms with Crippen molar-refractivity contribution in [1.29, 1.82) is 0 Å². The molecule has 0 amide bonds. The van der Waals surface area contributed by atoms with E-state index in [0.717, 1.165) is 4.09 Å². The van der Waals surface area contributed by atoms with Crippen molar-refractivity contribution in [2.75, 3.05) is 0 Å². The van der Waals surface area contributed by atoms with Gasteiger partial charge < -0.3 is 0 Å². The zero-order valence-electron chi connectivity index (χ0n) is 8.76. The maximum atomic E-state index is 12.3. The molecule has 1 heterocycles. The van der Waals surface area contributed by atoms with E-state index in [9.17, 15) is 8.42 Å². The first-order valence-electron chi connectivity index (χ1n) is 4.64. The van der Waals surface area contributed by atoms with Gasteiger partial charge in [-0.3, -0.25) is 0 Å². The quantitative estimate of drug-likeness (QED) is 0.805. The normalized spacial score (nSPS) is 11.7. The van der Waals surface area contributed by atoms with E-state index in [1.807, 2.05) is 0 Å². The molecule has 0 bridgehead atoms. The lowest BCUT2D eigenvalue weighted by Gasteiger charge is -2.06. The molecule has 2 aromatic rings. The minimum absolute atomic E-state index is 0.176. The van der Waals surface area contributed by atoms with Crippen molar-refractivity contribution < 1.29 is 8.42 Å². The highest BCUT2D eigenvalue weighted by Crippen LogP contribution is 2.27. The third kappa shape index (κ3) is 2.46. The van der Waals surface area contributed by atoms with Gasteiger partial charge in [0.15, 0.2) is 0 Å². The lowest BCUT2D eigenvalue weighted by molar-refractivity contribution is 0.579. The average Bonchev–Trinajstić information content (AvgIpc) is 2.69. The maximum absolute atomic E-state index is 12.3. The summed E-state index contributed by atoms with van der Waals surface area (Å²) in [5.74, 6) is 0. The van der Waals surface area contributed by atoms with Crippen molar-refractivity contribution in [3.63, 3.8) is 0 Å². The standard InChI is InChI=1S/C10H8Br2N2O2S/c1-7-4-5-14(13-7)17(15,16)10-6-8(11)2-3-9(10)12/h2-6H,1H3. The van der Waals surface area contributed by atoms with Crippen LogP contribution in [-0.2, 0) is 10.0 Å². The summed E-state index contributed by atoms with van der Waals surface area (Å²) in [5.41, 5.74) is 0.652. The van der Waals surface area contributed by atoms with Gasteiger partial charge in [0.1, 0.15) is 4.90 Å². The maximum Gasteiger partial charge on any atom is 0.284 e. The van der Waals surface area contributed by atoms with E-state index >= 15 is 0 Å². The molecule has 1 aromatic carbocycles. The second-order valence-corrected chi connectivity index (χ2v) is 6.94. The minimum atomic E-state index is -3.64. The van der Waals surface area contributed by atoms with E-state index in [0.29, 0.717) is 14.6 Å². The van der Waals surface area contributed by atoms with Crippen LogP contribution in [0.5, 0.6) is 0 Å². The second-order valence-electron chi connectivity index (χ2n) is 3.41. The SMILES string of the molecule is Cc1ccn(S(=O)(=O)c2cc(Br)ccc2Br)n1. The fraction of sp³-hybridized carbons (Fsp3) is 0.100. The van der Waals surface area contributed by atoms with Crippen LogP contribution < -0.4 is 0 Å². The molecule has 4 nitrogen and oxygen atoms in total. The predicted octanol–water partition coefficient (Wildman–Crippen LogP) is 2.95. The third-order valence-electron chi connectivity index (χ3n) is 2.12. The Morgan fingerprint density at radius 1 is 1.24 bits per heavy atom. The first-order chi connectivity index (χ1) is 7.91. The van der Waals surface area contributed by atoms with Gasteiger partial charge in [-0.05, 0) is 47.1 Å². The Balaban J connectivity index is 2.63.